The van der Waals surface area contributed by atoms with Crippen LogP contribution >= 0.6 is 0 Å². The number of nitriles is 1. The van der Waals surface area contributed by atoms with Crippen molar-refractivity contribution in [2.75, 3.05) is 25.1 Å². The molecule has 5 heterocycles. The lowest BCUT2D eigenvalue weighted by atomic mass is 9.74. The molecule has 38 heavy (non-hydrogen) atoms. The number of carbonyl (C=O) groups is 1. The van der Waals surface area contributed by atoms with Gasteiger partial charge in [0.1, 0.15) is 11.8 Å². The Morgan fingerprint density at radius 1 is 1.11 bits per heavy atom. The van der Waals surface area contributed by atoms with Gasteiger partial charge in [-0.1, -0.05) is 24.3 Å². The Bertz CT molecular complexity index is 1600. The molecule has 1 spiro atoms. The molecule has 6 rings (SSSR count). The standard InChI is InChI=1S/C30H26N6O2/c1-20(38-2)35-13-10-30(11-14-35)25-9-12-32-18-27(25)36(29(30)37)19-26-28(22-7-8-23(15-31)33-17-22)24-6-4-3-5-21(24)16-34-26/h3-9,12,16-18H,1,10-11,13-14,19H2,2H3. The maximum absolute atomic E-state index is 14.2. The number of aromatic nitrogens is 3. The highest BCUT2D eigenvalue weighted by Gasteiger charge is 2.52. The van der Waals surface area contributed by atoms with Gasteiger partial charge in [-0.2, -0.15) is 5.26 Å². The number of carbonyl (C=O) groups excluding carboxylic acids is 1. The summed E-state index contributed by atoms with van der Waals surface area (Å²) in [5.74, 6) is 0.695. The first-order chi connectivity index (χ1) is 18.6. The monoisotopic (exact) mass is 502 g/mol. The third kappa shape index (κ3) is 3.67. The quantitative estimate of drug-likeness (QED) is 0.369. The number of rotatable bonds is 5. The molecular formula is C30H26N6O2. The number of fused-ring (bicyclic) bond motifs is 3. The van der Waals surface area contributed by atoms with Gasteiger partial charge in [-0.3, -0.25) is 14.8 Å². The van der Waals surface area contributed by atoms with E-state index in [-0.39, 0.29) is 5.91 Å². The SMILES string of the molecule is C=C(OC)N1CCC2(CC1)C(=O)N(Cc1ncc3ccccc3c1-c1ccc(C#N)nc1)c1cnccc12. The highest BCUT2D eigenvalue weighted by molar-refractivity contribution is 6.08. The Morgan fingerprint density at radius 3 is 2.66 bits per heavy atom. The van der Waals surface area contributed by atoms with Gasteiger partial charge in [0.2, 0.25) is 5.91 Å². The first kappa shape index (κ1) is 23.6. The van der Waals surface area contributed by atoms with E-state index in [4.69, 9.17) is 9.72 Å². The predicted octanol–water partition coefficient (Wildman–Crippen LogP) is 4.56. The van der Waals surface area contributed by atoms with Crippen LogP contribution in [0.25, 0.3) is 21.9 Å². The zero-order chi connectivity index (χ0) is 26.3. The highest BCUT2D eigenvalue weighted by atomic mass is 16.5. The molecule has 0 unspecified atom stereocenters. The van der Waals surface area contributed by atoms with E-state index >= 15 is 0 Å². The second-order valence-electron chi connectivity index (χ2n) is 9.66. The third-order valence-corrected chi connectivity index (χ3v) is 7.82. The van der Waals surface area contributed by atoms with E-state index in [1.165, 1.54) is 0 Å². The van der Waals surface area contributed by atoms with Crippen molar-refractivity contribution in [1.29, 1.82) is 5.26 Å². The normalized spacial score (nSPS) is 15.9. The Balaban J connectivity index is 1.42. The third-order valence-electron chi connectivity index (χ3n) is 7.82. The van der Waals surface area contributed by atoms with Gasteiger partial charge in [-0.05, 0) is 48.6 Å². The van der Waals surface area contributed by atoms with Crippen LogP contribution in [0.1, 0.15) is 29.8 Å². The number of hydrogen-bond acceptors (Lipinski definition) is 7. The number of hydrogen-bond donors (Lipinski definition) is 0. The second kappa shape index (κ2) is 9.27. The topological polar surface area (TPSA) is 95.2 Å². The van der Waals surface area contributed by atoms with E-state index in [0.717, 1.165) is 38.8 Å². The van der Waals surface area contributed by atoms with Gasteiger partial charge in [0.15, 0.2) is 5.88 Å². The molecule has 0 saturated carbocycles. The number of benzene rings is 1. The molecule has 0 radical (unpaired) electrons. The van der Waals surface area contributed by atoms with E-state index < -0.39 is 5.41 Å². The van der Waals surface area contributed by atoms with Gasteiger partial charge in [0.25, 0.3) is 0 Å². The van der Waals surface area contributed by atoms with Gasteiger partial charge in [0.05, 0.1) is 36.6 Å². The van der Waals surface area contributed by atoms with Gasteiger partial charge < -0.3 is 14.5 Å². The van der Waals surface area contributed by atoms with Crippen molar-refractivity contribution in [3.05, 3.63) is 96.7 Å². The fourth-order valence-electron chi connectivity index (χ4n) is 5.80. The van der Waals surface area contributed by atoms with Crippen molar-refractivity contribution in [2.24, 2.45) is 0 Å². The minimum Gasteiger partial charge on any atom is -0.483 e. The molecule has 0 N–H and O–H groups in total. The number of piperidine rings is 1. The summed E-state index contributed by atoms with van der Waals surface area (Å²) in [6, 6.07) is 15.7. The van der Waals surface area contributed by atoms with Crippen molar-refractivity contribution >= 4 is 22.4 Å². The lowest BCUT2D eigenvalue weighted by Crippen LogP contribution is -2.48. The van der Waals surface area contributed by atoms with E-state index in [0.29, 0.717) is 44.1 Å². The summed E-state index contributed by atoms with van der Waals surface area (Å²) < 4.78 is 5.34. The van der Waals surface area contributed by atoms with Gasteiger partial charge in [-0.15, -0.1) is 0 Å². The van der Waals surface area contributed by atoms with Crippen LogP contribution in [0, 0.1) is 11.3 Å². The minimum absolute atomic E-state index is 0.0713. The summed E-state index contributed by atoms with van der Waals surface area (Å²) in [5.41, 5.74) is 4.10. The molecule has 0 aliphatic carbocycles. The zero-order valence-electron chi connectivity index (χ0n) is 21.1. The van der Waals surface area contributed by atoms with Gasteiger partial charge >= 0.3 is 0 Å². The smallest absolute Gasteiger partial charge is 0.238 e. The molecule has 0 bridgehead atoms. The number of anilines is 1. The van der Waals surface area contributed by atoms with Crippen LogP contribution in [0.5, 0.6) is 0 Å². The summed E-state index contributed by atoms with van der Waals surface area (Å²) in [6.45, 7) is 5.66. The Hall–Kier alpha value is -4.77. The van der Waals surface area contributed by atoms with Crippen LogP contribution in [0.4, 0.5) is 5.69 Å². The van der Waals surface area contributed by atoms with Crippen LogP contribution in [-0.2, 0) is 21.5 Å². The zero-order valence-corrected chi connectivity index (χ0v) is 21.1. The average molecular weight is 503 g/mol. The highest BCUT2D eigenvalue weighted by Crippen LogP contribution is 2.48. The molecule has 0 atom stereocenters. The molecule has 2 aliphatic rings. The molecule has 1 saturated heterocycles. The Kier molecular flexibility index (Phi) is 5.76. The molecular weight excluding hydrogens is 476 g/mol. The van der Waals surface area contributed by atoms with Crippen LogP contribution < -0.4 is 4.90 Å². The van der Waals surface area contributed by atoms with Crippen molar-refractivity contribution in [1.82, 2.24) is 19.9 Å². The minimum atomic E-state index is -0.615. The van der Waals surface area contributed by atoms with Crippen LogP contribution in [0.15, 0.2) is 79.7 Å². The number of nitrogens with zero attached hydrogens (tertiary/aromatic N) is 6. The Labute approximate surface area is 220 Å². The van der Waals surface area contributed by atoms with Crippen molar-refractivity contribution in [2.45, 2.75) is 24.8 Å². The van der Waals surface area contributed by atoms with Crippen LogP contribution in [0.3, 0.4) is 0 Å². The van der Waals surface area contributed by atoms with E-state index in [9.17, 15) is 10.1 Å². The summed E-state index contributed by atoms with van der Waals surface area (Å²) in [6.07, 6.45) is 8.43. The maximum atomic E-state index is 14.2. The molecule has 1 aromatic carbocycles. The lowest BCUT2D eigenvalue weighted by molar-refractivity contribution is -0.125. The fraction of sp³-hybridized carbons (Fsp3) is 0.233. The van der Waals surface area contributed by atoms with Crippen molar-refractivity contribution < 1.29 is 9.53 Å². The van der Waals surface area contributed by atoms with Crippen molar-refractivity contribution in [3.63, 3.8) is 0 Å². The molecule has 2 aliphatic heterocycles. The molecule has 188 valence electrons. The number of methoxy groups -OCH3 is 1. The van der Waals surface area contributed by atoms with E-state index in [2.05, 4.69) is 33.6 Å². The molecule has 4 aromatic rings. The summed E-state index contributed by atoms with van der Waals surface area (Å²) in [7, 11) is 1.62. The lowest BCUT2D eigenvalue weighted by Gasteiger charge is -2.39. The predicted molar refractivity (Wildman–Crippen MR) is 144 cm³/mol. The Morgan fingerprint density at radius 2 is 1.92 bits per heavy atom. The molecule has 8 heteroatoms. The molecule has 8 nitrogen and oxygen atoms in total. The number of likely N-dealkylation sites (tertiary alicyclic amines) is 1. The number of ether oxygens (including phenoxy) is 1. The first-order valence-electron chi connectivity index (χ1n) is 12.5. The number of amides is 1. The summed E-state index contributed by atoms with van der Waals surface area (Å²) in [4.78, 5) is 31.7. The van der Waals surface area contributed by atoms with Crippen molar-refractivity contribution in [3.8, 4) is 17.2 Å². The molecule has 3 aromatic heterocycles. The van der Waals surface area contributed by atoms with E-state index in [1.54, 1.807) is 31.8 Å². The van der Waals surface area contributed by atoms with Crippen LogP contribution in [-0.4, -0.2) is 46.0 Å². The largest absolute Gasteiger partial charge is 0.483 e. The van der Waals surface area contributed by atoms with Gasteiger partial charge in [0, 0.05) is 48.2 Å². The first-order valence-corrected chi connectivity index (χ1v) is 12.5. The summed E-state index contributed by atoms with van der Waals surface area (Å²) in [5, 5.41) is 11.2. The molecule has 1 fully saturated rings. The maximum Gasteiger partial charge on any atom is 0.238 e. The molecule has 1 amide bonds. The fourth-order valence-corrected chi connectivity index (χ4v) is 5.80. The van der Waals surface area contributed by atoms with Crippen LogP contribution in [0.2, 0.25) is 0 Å². The number of pyridine rings is 3. The average Bonchev–Trinajstić information content (AvgIpc) is 3.20. The summed E-state index contributed by atoms with van der Waals surface area (Å²) >= 11 is 0. The van der Waals surface area contributed by atoms with Gasteiger partial charge in [-0.25, -0.2) is 4.98 Å². The second-order valence-corrected chi connectivity index (χ2v) is 9.66. The van der Waals surface area contributed by atoms with E-state index in [1.807, 2.05) is 41.4 Å².